The Bertz CT molecular complexity index is 782. The number of nitrogens with one attached hydrogen (secondary N) is 1. The summed E-state index contributed by atoms with van der Waals surface area (Å²) in [6, 6.07) is 9.91. The van der Waals surface area contributed by atoms with Crippen molar-refractivity contribution in [3.8, 4) is 11.5 Å². The summed E-state index contributed by atoms with van der Waals surface area (Å²) >= 11 is 0. The number of aromatic nitrogens is 5. The van der Waals surface area contributed by atoms with Gasteiger partial charge in [-0.3, -0.25) is 0 Å². The molecule has 1 fully saturated rings. The number of hydrogen-bond donors (Lipinski definition) is 1. The van der Waals surface area contributed by atoms with Crippen LogP contribution >= 0.6 is 0 Å². The van der Waals surface area contributed by atoms with Crippen LogP contribution in [0, 0.1) is 5.92 Å². The number of benzene rings is 1. The van der Waals surface area contributed by atoms with Gasteiger partial charge in [0.15, 0.2) is 11.9 Å². The molecule has 0 spiro atoms. The van der Waals surface area contributed by atoms with Gasteiger partial charge in [0.25, 0.3) is 5.89 Å². The molecule has 7 nitrogen and oxygen atoms in total. The minimum Gasteiger partial charge on any atom is -0.336 e. The molecule has 2 aromatic heterocycles. The minimum absolute atomic E-state index is 0.00380. The quantitative estimate of drug-likeness (QED) is 0.770. The smallest absolute Gasteiger partial charge is 0.261 e. The molecule has 1 atom stereocenters. The molecule has 0 radical (unpaired) electrons. The van der Waals surface area contributed by atoms with Crippen molar-refractivity contribution < 1.29 is 8.91 Å². The number of hydrogen-bond acceptors (Lipinski definition) is 6. The third-order valence-corrected chi connectivity index (χ3v) is 3.86. The molecule has 1 N–H and O–H groups in total. The maximum atomic E-state index is 14.1. The zero-order chi connectivity index (χ0) is 15.6. The highest BCUT2D eigenvalue weighted by Gasteiger charge is 2.32. The average molecular weight is 314 g/mol. The van der Waals surface area contributed by atoms with Crippen LogP contribution in [0.1, 0.15) is 17.6 Å². The lowest BCUT2D eigenvalue weighted by atomic mass is 9.97. The molecule has 4 rings (SSSR count). The van der Waals surface area contributed by atoms with Crippen molar-refractivity contribution in [1.82, 2.24) is 30.5 Å². The highest BCUT2D eigenvalue weighted by atomic mass is 19.1. The molecule has 3 aromatic rings. The molecule has 1 aliphatic rings. The van der Waals surface area contributed by atoms with Crippen LogP contribution in [0.15, 0.2) is 41.1 Å². The number of alkyl halides is 1. The molecule has 8 heteroatoms. The lowest BCUT2D eigenvalue weighted by Gasteiger charge is -2.27. The molecular formula is C15H15FN6O. The Morgan fingerprint density at radius 3 is 2.87 bits per heavy atom. The second-order valence-corrected chi connectivity index (χ2v) is 5.56. The van der Waals surface area contributed by atoms with E-state index >= 15 is 0 Å². The summed E-state index contributed by atoms with van der Waals surface area (Å²) in [6.45, 7) is 1.86. The van der Waals surface area contributed by atoms with Gasteiger partial charge in [-0.15, -0.1) is 5.10 Å². The standard InChI is InChI=1S/C15H15FN6O/c16-13(11-6-17-7-11)15-18-14(20-23-15)12-9-22(21-19-12)8-10-4-2-1-3-5-10/h1-5,9,11,13,17H,6-8H2. The molecule has 23 heavy (non-hydrogen) atoms. The highest BCUT2D eigenvalue weighted by molar-refractivity contribution is 5.45. The van der Waals surface area contributed by atoms with E-state index in [2.05, 4.69) is 25.8 Å². The molecule has 3 heterocycles. The summed E-state index contributed by atoms with van der Waals surface area (Å²) in [5.74, 6) is 0.162. The van der Waals surface area contributed by atoms with Crippen LogP contribution in [0.3, 0.4) is 0 Å². The summed E-state index contributed by atoms with van der Waals surface area (Å²) in [6.07, 6.45) is 0.483. The Balaban J connectivity index is 1.49. The van der Waals surface area contributed by atoms with E-state index in [-0.39, 0.29) is 17.6 Å². The SMILES string of the molecule is FC(c1nc(-c2cn(Cc3ccccc3)nn2)no1)C1CNC1. The van der Waals surface area contributed by atoms with Gasteiger partial charge in [-0.1, -0.05) is 40.7 Å². The summed E-state index contributed by atoms with van der Waals surface area (Å²) in [5, 5.41) is 14.9. The van der Waals surface area contributed by atoms with E-state index in [4.69, 9.17) is 4.52 Å². The molecule has 1 aliphatic heterocycles. The van der Waals surface area contributed by atoms with Gasteiger partial charge < -0.3 is 9.84 Å². The molecule has 0 amide bonds. The summed E-state index contributed by atoms with van der Waals surface area (Å²) in [7, 11) is 0. The fourth-order valence-electron chi connectivity index (χ4n) is 2.42. The zero-order valence-corrected chi connectivity index (χ0v) is 12.3. The van der Waals surface area contributed by atoms with Crippen LogP contribution in [0.25, 0.3) is 11.5 Å². The molecule has 1 unspecified atom stereocenters. The first kappa shape index (κ1) is 14.0. The van der Waals surface area contributed by atoms with Gasteiger partial charge in [0, 0.05) is 19.0 Å². The van der Waals surface area contributed by atoms with Gasteiger partial charge in [0.05, 0.1) is 12.7 Å². The maximum absolute atomic E-state index is 14.1. The topological polar surface area (TPSA) is 81.7 Å². The van der Waals surface area contributed by atoms with Gasteiger partial charge in [0.1, 0.15) is 0 Å². The van der Waals surface area contributed by atoms with Gasteiger partial charge in [-0.25, -0.2) is 9.07 Å². The first-order valence-corrected chi connectivity index (χ1v) is 7.42. The second kappa shape index (κ2) is 5.88. The predicted molar refractivity (Wildman–Crippen MR) is 79.1 cm³/mol. The van der Waals surface area contributed by atoms with Crippen molar-refractivity contribution in [1.29, 1.82) is 0 Å². The molecule has 1 saturated heterocycles. The van der Waals surface area contributed by atoms with Crippen molar-refractivity contribution in [3.63, 3.8) is 0 Å². The van der Waals surface area contributed by atoms with Crippen molar-refractivity contribution in [2.24, 2.45) is 5.92 Å². The van der Waals surface area contributed by atoms with Crippen molar-refractivity contribution in [2.75, 3.05) is 13.1 Å². The fraction of sp³-hybridized carbons (Fsp3) is 0.333. The van der Waals surface area contributed by atoms with Crippen molar-refractivity contribution in [3.05, 3.63) is 48.0 Å². The fourth-order valence-corrected chi connectivity index (χ4v) is 2.42. The van der Waals surface area contributed by atoms with E-state index in [9.17, 15) is 4.39 Å². The third kappa shape index (κ3) is 2.85. The summed E-state index contributed by atoms with van der Waals surface area (Å²) in [4.78, 5) is 4.11. The Morgan fingerprint density at radius 1 is 1.30 bits per heavy atom. The first-order chi connectivity index (χ1) is 11.3. The predicted octanol–water partition coefficient (Wildman–Crippen LogP) is 1.61. The summed E-state index contributed by atoms with van der Waals surface area (Å²) < 4.78 is 20.8. The number of nitrogens with zero attached hydrogens (tertiary/aromatic N) is 5. The molecule has 118 valence electrons. The van der Waals surface area contributed by atoms with Gasteiger partial charge in [0.2, 0.25) is 5.82 Å². The molecule has 0 aliphatic carbocycles. The Labute approximate surface area is 131 Å². The van der Waals surface area contributed by atoms with E-state index in [0.29, 0.717) is 25.3 Å². The van der Waals surface area contributed by atoms with Gasteiger partial charge in [-0.05, 0) is 5.56 Å². The Kier molecular flexibility index (Phi) is 3.58. The number of rotatable bonds is 5. The van der Waals surface area contributed by atoms with Crippen LogP contribution in [-0.2, 0) is 6.54 Å². The van der Waals surface area contributed by atoms with Crippen molar-refractivity contribution in [2.45, 2.75) is 12.7 Å². The highest BCUT2D eigenvalue weighted by Crippen LogP contribution is 2.28. The molecule has 0 saturated carbocycles. The number of halogens is 1. The van der Waals surface area contributed by atoms with Crippen LogP contribution < -0.4 is 5.32 Å². The average Bonchev–Trinajstić information content (AvgIpc) is 3.15. The van der Waals surface area contributed by atoms with Crippen LogP contribution in [0.5, 0.6) is 0 Å². The van der Waals surface area contributed by atoms with E-state index in [1.165, 1.54) is 0 Å². The zero-order valence-electron chi connectivity index (χ0n) is 12.3. The van der Waals surface area contributed by atoms with Crippen molar-refractivity contribution >= 4 is 0 Å². The lowest BCUT2D eigenvalue weighted by molar-refractivity contribution is 0.133. The van der Waals surface area contributed by atoms with E-state index in [1.807, 2.05) is 30.3 Å². The van der Waals surface area contributed by atoms with Gasteiger partial charge in [-0.2, -0.15) is 4.98 Å². The van der Waals surface area contributed by atoms with E-state index < -0.39 is 6.17 Å². The molecule has 1 aromatic carbocycles. The van der Waals surface area contributed by atoms with Crippen LogP contribution in [-0.4, -0.2) is 38.2 Å². The van der Waals surface area contributed by atoms with Crippen LogP contribution in [0.4, 0.5) is 4.39 Å². The molecular weight excluding hydrogens is 299 g/mol. The van der Waals surface area contributed by atoms with E-state index in [0.717, 1.165) is 5.56 Å². The third-order valence-electron chi connectivity index (χ3n) is 3.86. The Morgan fingerprint density at radius 2 is 2.13 bits per heavy atom. The first-order valence-electron chi connectivity index (χ1n) is 7.42. The van der Waals surface area contributed by atoms with Gasteiger partial charge >= 0.3 is 0 Å². The monoisotopic (exact) mass is 314 g/mol. The molecule has 0 bridgehead atoms. The minimum atomic E-state index is -1.24. The van der Waals surface area contributed by atoms with Crippen LogP contribution in [0.2, 0.25) is 0 Å². The second-order valence-electron chi connectivity index (χ2n) is 5.56. The normalized spacial score (nSPS) is 16.2. The maximum Gasteiger partial charge on any atom is 0.261 e. The van der Waals surface area contributed by atoms with E-state index in [1.54, 1.807) is 10.9 Å². The lowest BCUT2D eigenvalue weighted by Crippen LogP contribution is -2.44. The Hall–Kier alpha value is -2.61. The summed E-state index contributed by atoms with van der Waals surface area (Å²) in [5.41, 5.74) is 1.58. The largest absolute Gasteiger partial charge is 0.336 e.